The van der Waals surface area contributed by atoms with E-state index in [1.54, 1.807) is 6.20 Å². The van der Waals surface area contributed by atoms with Crippen LogP contribution in [0.25, 0.3) is 4.96 Å². The van der Waals surface area contributed by atoms with Crippen LogP contribution >= 0.6 is 22.9 Å². The van der Waals surface area contributed by atoms with Crippen molar-refractivity contribution in [2.24, 2.45) is 0 Å². The summed E-state index contributed by atoms with van der Waals surface area (Å²) in [5, 5.41) is 0. The Morgan fingerprint density at radius 1 is 1.69 bits per heavy atom. The first kappa shape index (κ1) is 8.72. The van der Waals surface area contributed by atoms with Gasteiger partial charge in [-0.05, 0) is 6.92 Å². The molecule has 0 amide bonds. The van der Waals surface area contributed by atoms with E-state index in [1.807, 2.05) is 6.92 Å². The molecule has 0 bridgehead atoms. The molecule has 0 radical (unpaired) electrons. The van der Waals surface area contributed by atoms with Crippen molar-refractivity contribution in [3.63, 3.8) is 0 Å². The van der Waals surface area contributed by atoms with Gasteiger partial charge in [0.05, 0.1) is 11.6 Å². The van der Waals surface area contributed by atoms with Gasteiger partial charge in [0.25, 0.3) is 5.56 Å². The fourth-order valence-corrected chi connectivity index (χ4v) is 2.11. The van der Waals surface area contributed by atoms with Gasteiger partial charge in [-0.15, -0.1) is 22.9 Å². The van der Waals surface area contributed by atoms with Crippen molar-refractivity contribution in [1.29, 1.82) is 0 Å². The van der Waals surface area contributed by atoms with Gasteiger partial charge in [-0.1, -0.05) is 0 Å². The topological polar surface area (TPSA) is 34.4 Å². The van der Waals surface area contributed by atoms with Gasteiger partial charge >= 0.3 is 0 Å². The summed E-state index contributed by atoms with van der Waals surface area (Å²) < 4.78 is 1.54. The van der Waals surface area contributed by atoms with Crippen molar-refractivity contribution >= 4 is 27.9 Å². The molecular weight excluding hydrogens is 208 g/mol. The molecule has 0 aliphatic carbocycles. The fraction of sp³-hybridized carbons (Fsp3) is 0.250. The number of rotatable bonds is 1. The van der Waals surface area contributed by atoms with Crippen LogP contribution in [0.4, 0.5) is 0 Å². The standard InChI is InChI=1S/C8H7ClN2OS/c1-5-4-11-7(12)2-6(3-9)10-8(11)13-5/h2,4H,3H2,1H3. The molecule has 0 aliphatic heterocycles. The number of hydrogen-bond donors (Lipinski definition) is 0. The maximum absolute atomic E-state index is 11.4. The van der Waals surface area contributed by atoms with E-state index in [1.165, 1.54) is 21.8 Å². The van der Waals surface area contributed by atoms with Crippen LogP contribution in [0.2, 0.25) is 0 Å². The third-order valence-corrected chi connectivity index (χ3v) is 2.84. The Balaban J connectivity index is 2.83. The number of hydrogen-bond acceptors (Lipinski definition) is 3. The van der Waals surface area contributed by atoms with Crippen LogP contribution in [0.5, 0.6) is 0 Å². The number of alkyl halides is 1. The highest BCUT2D eigenvalue weighted by Gasteiger charge is 2.03. The molecule has 68 valence electrons. The zero-order valence-electron chi connectivity index (χ0n) is 6.95. The van der Waals surface area contributed by atoms with Gasteiger partial charge in [-0.25, -0.2) is 4.98 Å². The quantitative estimate of drug-likeness (QED) is 0.679. The molecule has 0 N–H and O–H groups in total. The maximum atomic E-state index is 11.4. The summed E-state index contributed by atoms with van der Waals surface area (Å²) in [7, 11) is 0. The SMILES string of the molecule is Cc1cn2c(=O)cc(CCl)nc2s1. The third kappa shape index (κ3) is 1.47. The van der Waals surface area contributed by atoms with E-state index in [0.717, 1.165) is 4.88 Å². The second-order valence-electron chi connectivity index (χ2n) is 2.71. The van der Waals surface area contributed by atoms with E-state index < -0.39 is 0 Å². The predicted molar refractivity (Wildman–Crippen MR) is 53.6 cm³/mol. The van der Waals surface area contributed by atoms with Gasteiger partial charge in [-0.3, -0.25) is 9.20 Å². The molecule has 2 aromatic rings. The second-order valence-corrected chi connectivity index (χ2v) is 4.19. The number of aromatic nitrogens is 2. The molecule has 5 heteroatoms. The number of nitrogens with zero attached hydrogens (tertiary/aromatic N) is 2. The lowest BCUT2D eigenvalue weighted by Gasteiger charge is -1.93. The minimum Gasteiger partial charge on any atom is -0.269 e. The zero-order valence-corrected chi connectivity index (χ0v) is 8.52. The minimum atomic E-state index is -0.0648. The molecule has 0 saturated heterocycles. The van der Waals surface area contributed by atoms with Gasteiger partial charge in [0.15, 0.2) is 4.96 Å². The van der Waals surface area contributed by atoms with Gasteiger partial charge in [0.2, 0.25) is 0 Å². The molecule has 3 nitrogen and oxygen atoms in total. The Morgan fingerprint density at radius 2 is 2.46 bits per heavy atom. The number of thiazole rings is 1. The van der Waals surface area contributed by atoms with Gasteiger partial charge in [-0.2, -0.15) is 0 Å². The Bertz CT molecular complexity index is 502. The Hall–Kier alpha value is -0.870. The molecule has 2 heterocycles. The van der Waals surface area contributed by atoms with E-state index in [0.29, 0.717) is 10.7 Å². The van der Waals surface area contributed by atoms with Gasteiger partial charge in [0, 0.05) is 17.1 Å². The number of halogens is 1. The van der Waals surface area contributed by atoms with E-state index >= 15 is 0 Å². The van der Waals surface area contributed by atoms with Crippen molar-refractivity contribution in [3.05, 3.63) is 33.2 Å². The molecule has 0 atom stereocenters. The molecule has 2 rings (SSSR count). The Morgan fingerprint density at radius 3 is 3.15 bits per heavy atom. The van der Waals surface area contributed by atoms with Crippen LogP contribution in [-0.2, 0) is 5.88 Å². The molecule has 13 heavy (non-hydrogen) atoms. The highest BCUT2D eigenvalue weighted by atomic mass is 35.5. The lowest BCUT2D eigenvalue weighted by molar-refractivity contribution is 1.03. The van der Waals surface area contributed by atoms with Crippen molar-refractivity contribution < 1.29 is 0 Å². The molecule has 0 spiro atoms. The van der Waals surface area contributed by atoms with Crippen LogP contribution in [0.3, 0.4) is 0 Å². The van der Waals surface area contributed by atoms with Crippen molar-refractivity contribution in [2.75, 3.05) is 0 Å². The average molecular weight is 215 g/mol. The molecule has 0 unspecified atom stereocenters. The van der Waals surface area contributed by atoms with Crippen LogP contribution in [-0.4, -0.2) is 9.38 Å². The summed E-state index contributed by atoms with van der Waals surface area (Å²) in [6.45, 7) is 1.94. The number of aryl methyl sites for hydroxylation is 1. The Labute approximate surface area is 83.6 Å². The largest absolute Gasteiger partial charge is 0.269 e. The molecule has 2 aromatic heterocycles. The summed E-state index contributed by atoms with van der Waals surface area (Å²) in [6.07, 6.45) is 1.79. The summed E-state index contributed by atoms with van der Waals surface area (Å²) in [4.78, 5) is 17.4. The van der Waals surface area contributed by atoms with Gasteiger partial charge in [0.1, 0.15) is 0 Å². The summed E-state index contributed by atoms with van der Waals surface area (Å²) in [6, 6.07) is 1.46. The minimum absolute atomic E-state index is 0.0648. The van der Waals surface area contributed by atoms with Crippen molar-refractivity contribution in [2.45, 2.75) is 12.8 Å². The lowest BCUT2D eigenvalue weighted by atomic mass is 10.4. The highest BCUT2D eigenvalue weighted by Crippen LogP contribution is 2.13. The smallest absolute Gasteiger partial charge is 0.258 e. The monoisotopic (exact) mass is 214 g/mol. The molecule has 0 aromatic carbocycles. The lowest BCUT2D eigenvalue weighted by Crippen LogP contribution is -2.12. The predicted octanol–water partition coefficient (Wildman–Crippen LogP) is 1.80. The van der Waals surface area contributed by atoms with Gasteiger partial charge < -0.3 is 0 Å². The van der Waals surface area contributed by atoms with E-state index in [-0.39, 0.29) is 11.4 Å². The van der Waals surface area contributed by atoms with Crippen molar-refractivity contribution in [3.8, 4) is 0 Å². The molecule has 0 saturated carbocycles. The summed E-state index contributed by atoms with van der Waals surface area (Å²) in [5.74, 6) is 0.280. The zero-order chi connectivity index (χ0) is 9.42. The second kappa shape index (κ2) is 3.12. The fourth-order valence-electron chi connectivity index (χ4n) is 1.13. The summed E-state index contributed by atoms with van der Waals surface area (Å²) >= 11 is 7.09. The molecule has 0 fully saturated rings. The first-order chi connectivity index (χ1) is 6.20. The van der Waals surface area contributed by atoms with E-state index in [4.69, 9.17) is 11.6 Å². The summed E-state index contributed by atoms with van der Waals surface area (Å²) in [5.41, 5.74) is 0.568. The van der Waals surface area contributed by atoms with Crippen LogP contribution in [0, 0.1) is 6.92 Å². The van der Waals surface area contributed by atoms with Crippen molar-refractivity contribution in [1.82, 2.24) is 9.38 Å². The van der Waals surface area contributed by atoms with Crippen LogP contribution in [0.15, 0.2) is 17.1 Å². The first-order valence-corrected chi connectivity index (χ1v) is 5.10. The normalized spacial score (nSPS) is 10.9. The number of fused-ring (bicyclic) bond motifs is 1. The molecule has 0 aliphatic rings. The van der Waals surface area contributed by atoms with E-state index in [9.17, 15) is 4.79 Å². The van der Waals surface area contributed by atoms with Crippen LogP contribution in [0.1, 0.15) is 10.6 Å². The molecular formula is C8H7ClN2OS. The van der Waals surface area contributed by atoms with E-state index in [2.05, 4.69) is 4.98 Å². The first-order valence-electron chi connectivity index (χ1n) is 3.75. The average Bonchev–Trinajstić information content (AvgIpc) is 2.46. The van der Waals surface area contributed by atoms with Crippen LogP contribution < -0.4 is 5.56 Å². The Kier molecular flexibility index (Phi) is 2.09. The highest BCUT2D eigenvalue weighted by molar-refractivity contribution is 7.16. The maximum Gasteiger partial charge on any atom is 0.258 e. The third-order valence-electron chi connectivity index (χ3n) is 1.67.